The largest absolute Gasteiger partial charge is 1.00 e. The molecule has 0 aromatic heterocycles. The van der Waals surface area contributed by atoms with Crippen LogP contribution in [0.5, 0.6) is 0 Å². The molecule has 68 valence electrons. The maximum Gasteiger partial charge on any atom is 1.00 e. The maximum atomic E-state index is 9.10. The zero-order valence-electron chi connectivity index (χ0n) is 6.38. The Hall–Kier alpha value is -1.52. The summed E-state index contributed by atoms with van der Waals surface area (Å²) >= 11 is 0. The quantitative estimate of drug-likeness (QED) is 0.249. The number of rotatable bonds is 0. The summed E-state index contributed by atoms with van der Waals surface area (Å²) in [6.07, 6.45) is 0. The smallest absolute Gasteiger partial charge is 0.539 e. The van der Waals surface area contributed by atoms with Gasteiger partial charge < -0.3 is 25.2 Å². The molecule has 0 bridgehead atoms. The molecule has 0 fully saturated rings. The van der Waals surface area contributed by atoms with Crippen molar-refractivity contribution in [1.29, 1.82) is 0 Å². The molecule has 0 rings (SSSR count). The molecule has 0 aromatic carbocycles. The summed E-state index contributed by atoms with van der Waals surface area (Å²) in [5, 5.41) is 31.1. The van der Waals surface area contributed by atoms with E-state index < -0.39 is 23.9 Å². The van der Waals surface area contributed by atoms with Crippen LogP contribution in [0.3, 0.4) is 0 Å². The van der Waals surface area contributed by atoms with E-state index in [0.29, 0.717) is 0 Å². The number of carbonyl (C=O) groups is 4. The van der Waals surface area contributed by atoms with Crippen LogP contribution in [-0.2, 0) is 19.2 Å². The van der Waals surface area contributed by atoms with Gasteiger partial charge in [-0.1, -0.05) is 0 Å². The van der Waals surface area contributed by atoms with E-state index in [-0.39, 0.29) is 18.9 Å². The molecule has 0 spiro atoms. The summed E-state index contributed by atoms with van der Waals surface area (Å²) in [7, 11) is 0. The minimum atomic E-state index is -2.07. The number of carbonyl (C=O) groups excluding carboxylic acids is 1. The molecule has 0 aliphatic carbocycles. The average molecular weight is 186 g/mol. The van der Waals surface area contributed by atoms with Crippen molar-refractivity contribution < 1.29 is 58.5 Å². The van der Waals surface area contributed by atoms with Crippen molar-refractivity contribution in [1.82, 2.24) is 0 Å². The molecule has 0 heterocycles. The Bertz CT molecular complexity index is 172. The molecule has 9 heteroatoms. The minimum absolute atomic E-state index is 0. The third kappa shape index (κ3) is 17.9. The Kier molecular flexibility index (Phi) is 11.6. The molecule has 0 aromatic rings. The van der Waals surface area contributed by atoms with E-state index in [9.17, 15) is 0 Å². The Labute approximate surface area is 83.0 Å². The van der Waals surface area contributed by atoms with E-state index in [4.69, 9.17) is 39.6 Å². The normalized spacial score (nSPS) is 6.77. The fraction of sp³-hybridized carbons (Fsp3) is 0. The molecule has 13 heavy (non-hydrogen) atoms. The molecule has 0 radical (unpaired) electrons. The van der Waals surface area contributed by atoms with Gasteiger partial charge in [-0.15, -0.1) is 0 Å². The van der Waals surface area contributed by atoms with Crippen LogP contribution in [0, 0.1) is 0 Å². The van der Waals surface area contributed by atoms with Gasteiger partial charge in [0.1, 0.15) is 0 Å². The average Bonchev–Trinajstić information content (AvgIpc) is 1.88. The van der Waals surface area contributed by atoms with Crippen LogP contribution in [0.2, 0.25) is 0 Å². The summed E-state index contributed by atoms with van der Waals surface area (Å²) < 4.78 is 0. The zero-order valence-corrected chi connectivity index (χ0v) is 6.38. The summed E-state index contributed by atoms with van der Waals surface area (Å²) in [6, 6.07) is 0. The van der Waals surface area contributed by atoms with Gasteiger partial charge in [0, 0.05) is 0 Å². The third-order valence-corrected chi connectivity index (χ3v) is 0.358. The van der Waals surface area contributed by atoms with Crippen LogP contribution in [-0.4, -0.2) is 39.2 Å². The van der Waals surface area contributed by atoms with E-state index in [1.54, 1.807) is 0 Å². The Morgan fingerprint density at radius 3 is 0.923 bits per heavy atom. The van der Waals surface area contributed by atoms with Gasteiger partial charge in [-0.05, 0) is 0 Å². The summed E-state index contributed by atoms with van der Waals surface area (Å²) in [5.74, 6) is -7.66. The SMILES string of the molecule is O=C(O)C(=O)O.O=C([O-])C(=O)O.[Li+]. The van der Waals surface area contributed by atoms with Crippen molar-refractivity contribution in [2.45, 2.75) is 0 Å². The molecule has 0 unspecified atom stereocenters. The summed E-state index contributed by atoms with van der Waals surface area (Å²) in [6.45, 7) is 0. The first-order valence-electron chi connectivity index (χ1n) is 2.19. The topological polar surface area (TPSA) is 152 Å². The van der Waals surface area contributed by atoms with E-state index >= 15 is 0 Å². The van der Waals surface area contributed by atoms with Crippen LogP contribution >= 0.6 is 0 Å². The first-order chi connectivity index (χ1) is 5.29. The van der Waals surface area contributed by atoms with E-state index in [2.05, 4.69) is 0 Å². The Morgan fingerprint density at radius 1 is 0.769 bits per heavy atom. The molecule has 0 saturated heterocycles. The van der Waals surface area contributed by atoms with Gasteiger partial charge in [-0.3, -0.25) is 0 Å². The molecule has 0 aliphatic heterocycles. The van der Waals surface area contributed by atoms with E-state index in [1.165, 1.54) is 0 Å². The number of aliphatic carboxylic acids is 4. The molecule has 8 nitrogen and oxygen atoms in total. The molecule has 0 aliphatic rings. The van der Waals surface area contributed by atoms with Crippen LogP contribution in [0.1, 0.15) is 0 Å². The van der Waals surface area contributed by atoms with Crippen molar-refractivity contribution in [2.75, 3.05) is 0 Å². The number of hydrogen-bond donors (Lipinski definition) is 3. The molecule has 0 saturated carbocycles. The first-order valence-corrected chi connectivity index (χ1v) is 2.19. The van der Waals surface area contributed by atoms with Crippen molar-refractivity contribution in [3.63, 3.8) is 0 Å². The third-order valence-electron chi connectivity index (χ3n) is 0.358. The van der Waals surface area contributed by atoms with Gasteiger partial charge in [-0.25, -0.2) is 14.4 Å². The van der Waals surface area contributed by atoms with Crippen LogP contribution < -0.4 is 24.0 Å². The van der Waals surface area contributed by atoms with Gasteiger partial charge in [0.15, 0.2) is 5.97 Å². The standard InChI is InChI=1S/2C2H2O4.Li/c2*3-1(4)2(5)6;/h2*(H,3,4)(H,5,6);/q;;+1/p-1. The van der Waals surface area contributed by atoms with Gasteiger partial charge in [0.2, 0.25) is 0 Å². The van der Waals surface area contributed by atoms with E-state index in [0.717, 1.165) is 0 Å². The second-order valence-corrected chi connectivity index (χ2v) is 1.20. The van der Waals surface area contributed by atoms with Crippen molar-refractivity contribution >= 4 is 23.9 Å². The van der Waals surface area contributed by atoms with E-state index in [1.807, 2.05) is 0 Å². The fourth-order valence-electron chi connectivity index (χ4n) is 0. The summed E-state index contributed by atoms with van der Waals surface area (Å²) in [4.78, 5) is 36.2. The molecular weight excluding hydrogens is 183 g/mol. The first kappa shape index (κ1) is 17.5. The Morgan fingerprint density at radius 2 is 0.923 bits per heavy atom. The van der Waals surface area contributed by atoms with Crippen molar-refractivity contribution in [2.24, 2.45) is 0 Å². The fourth-order valence-corrected chi connectivity index (χ4v) is 0. The Balaban J connectivity index is -0.000000143. The molecular formula is C4H3LiO8. The summed E-state index contributed by atoms with van der Waals surface area (Å²) in [5.41, 5.74) is 0. The second-order valence-electron chi connectivity index (χ2n) is 1.20. The van der Waals surface area contributed by atoms with Gasteiger partial charge in [-0.2, -0.15) is 0 Å². The van der Waals surface area contributed by atoms with Crippen LogP contribution in [0.25, 0.3) is 0 Å². The predicted octanol–water partition coefficient (Wildman–Crippen LogP) is -6.02. The zero-order chi connectivity index (χ0) is 10.3. The van der Waals surface area contributed by atoms with Crippen molar-refractivity contribution in [3.8, 4) is 0 Å². The number of carboxylic acid groups (broad SMARTS) is 4. The predicted molar refractivity (Wildman–Crippen MR) is 27.9 cm³/mol. The maximum absolute atomic E-state index is 9.10. The van der Waals surface area contributed by atoms with Crippen molar-refractivity contribution in [3.05, 3.63) is 0 Å². The van der Waals surface area contributed by atoms with Crippen LogP contribution in [0.15, 0.2) is 0 Å². The minimum Gasteiger partial charge on any atom is -0.539 e. The van der Waals surface area contributed by atoms with Gasteiger partial charge in [0.25, 0.3) is 0 Å². The number of hydrogen-bond acceptors (Lipinski definition) is 5. The van der Waals surface area contributed by atoms with Gasteiger partial charge >= 0.3 is 36.8 Å². The molecule has 0 amide bonds. The molecule has 3 N–H and O–H groups in total. The van der Waals surface area contributed by atoms with Gasteiger partial charge in [0.05, 0.1) is 0 Å². The second kappa shape index (κ2) is 8.57. The monoisotopic (exact) mass is 186 g/mol. The molecule has 0 atom stereocenters. The number of carboxylic acids is 4. The van der Waals surface area contributed by atoms with Crippen LogP contribution in [0.4, 0.5) is 0 Å².